The summed E-state index contributed by atoms with van der Waals surface area (Å²) in [5, 5.41) is 2.78. The molecule has 1 saturated heterocycles. The minimum absolute atomic E-state index is 0.0326. The maximum absolute atomic E-state index is 11.8. The molecule has 1 heterocycles. The highest BCUT2D eigenvalue weighted by Crippen LogP contribution is 2.21. The second-order valence-corrected chi connectivity index (χ2v) is 5.35. The standard InChI is InChI=1S/C15H20N2O3/c1-10(2)14(18)16-8-13-9-17(15(19)20-13)12-6-4-11(3)5-7-12/h4-7,10,13H,8-9H2,1-3H3,(H,16,18). The molecule has 1 fully saturated rings. The van der Waals surface area contributed by atoms with Crippen LogP contribution in [0.3, 0.4) is 0 Å². The fraction of sp³-hybridized carbons (Fsp3) is 0.467. The molecule has 5 nitrogen and oxygen atoms in total. The quantitative estimate of drug-likeness (QED) is 0.916. The third-order valence-electron chi connectivity index (χ3n) is 3.25. The molecule has 0 saturated carbocycles. The number of rotatable bonds is 4. The Labute approximate surface area is 118 Å². The Morgan fingerprint density at radius 3 is 2.65 bits per heavy atom. The predicted octanol–water partition coefficient (Wildman–Crippen LogP) is 2.09. The van der Waals surface area contributed by atoms with E-state index in [0.29, 0.717) is 13.1 Å². The molecule has 0 aromatic heterocycles. The highest BCUT2D eigenvalue weighted by Gasteiger charge is 2.32. The molecule has 0 spiro atoms. The summed E-state index contributed by atoms with van der Waals surface area (Å²) in [6.07, 6.45) is -0.663. The number of nitrogens with one attached hydrogen (secondary N) is 1. The minimum Gasteiger partial charge on any atom is -0.442 e. The lowest BCUT2D eigenvalue weighted by molar-refractivity contribution is -0.124. The summed E-state index contributed by atoms with van der Waals surface area (Å²) in [5.74, 6) is -0.102. The lowest BCUT2D eigenvalue weighted by Crippen LogP contribution is -2.36. The first-order valence-corrected chi connectivity index (χ1v) is 6.80. The number of carbonyl (C=O) groups excluding carboxylic acids is 2. The van der Waals surface area contributed by atoms with Crippen LogP contribution in [0.2, 0.25) is 0 Å². The molecule has 0 radical (unpaired) electrons. The van der Waals surface area contributed by atoms with E-state index in [1.807, 2.05) is 45.0 Å². The smallest absolute Gasteiger partial charge is 0.414 e. The van der Waals surface area contributed by atoms with Crippen molar-refractivity contribution in [2.75, 3.05) is 18.0 Å². The van der Waals surface area contributed by atoms with Gasteiger partial charge in [-0.3, -0.25) is 9.69 Å². The number of nitrogens with zero attached hydrogens (tertiary/aromatic N) is 1. The fourth-order valence-corrected chi connectivity index (χ4v) is 1.98. The summed E-state index contributed by atoms with van der Waals surface area (Å²) in [5.41, 5.74) is 1.96. The number of amides is 2. The van der Waals surface area contributed by atoms with Gasteiger partial charge in [0.05, 0.1) is 13.1 Å². The van der Waals surface area contributed by atoms with E-state index in [2.05, 4.69) is 5.32 Å². The molecule has 0 aliphatic carbocycles. The van der Waals surface area contributed by atoms with Crippen LogP contribution in [0, 0.1) is 12.8 Å². The number of hydrogen-bond donors (Lipinski definition) is 1. The van der Waals surface area contributed by atoms with Crippen LogP contribution >= 0.6 is 0 Å². The van der Waals surface area contributed by atoms with Crippen molar-refractivity contribution in [2.24, 2.45) is 5.92 Å². The number of aryl methyl sites for hydroxylation is 1. The van der Waals surface area contributed by atoms with Crippen LogP contribution in [0.1, 0.15) is 19.4 Å². The van der Waals surface area contributed by atoms with E-state index in [-0.39, 0.29) is 24.0 Å². The van der Waals surface area contributed by atoms with E-state index in [9.17, 15) is 9.59 Å². The van der Waals surface area contributed by atoms with Crippen molar-refractivity contribution >= 4 is 17.7 Å². The number of benzene rings is 1. The molecule has 1 aliphatic rings. The van der Waals surface area contributed by atoms with Gasteiger partial charge in [-0.05, 0) is 19.1 Å². The Kier molecular flexibility index (Phi) is 4.27. The van der Waals surface area contributed by atoms with E-state index >= 15 is 0 Å². The Balaban J connectivity index is 1.94. The zero-order chi connectivity index (χ0) is 14.7. The maximum Gasteiger partial charge on any atom is 0.414 e. The number of ether oxygens (including phenoxy) is 1. The van der Waals surface area contributed by atoms with Crippen molar-refractivity contribution in [3.05, 3.63) is 29.8 Å². The van der Waals surface area contributed by atoms with Crippen molar-refractivity contribution in [2.45, 2.75) is 26.9 Å². The molecule has 1 aromatic rings. The van der Waals surface area contributed by atoms with E-state index < -0.39 is 0 Å². The second kappa shape index (κ2) is 5.94. The van der Waals surface area contributed by atoms with Crippen LogP contribution in [0.4, 0.5) is 10.5 Å². The fourth-order valence-electron chi connectivity index (χ4n) is 1.98. The van der Waals surface area contributed by atoms with Crippen molar-refractivity contribution < 1.29 is 14.3 Å². The topological polar surface area (TPSA) is 58.6 Å². The van der Waals surface area contributed by atoms with Gasteiger partial charge in [-0.25, -0.2) is 4.79 Å². The number of hydrogen-bond acceptors (Lipinski definition) is 3. The van der Waals surface area contributed by atoms with Crippen LogP contribution < -0.4 is 10.2 Å². The molecule has 1 aromatic carbocycles. The monoisotopic (exact) mass is 276 g/mol. The molecule has 2 amide bonds. The van der Waals surface area contributed by atoms with Gasteiger partial charge >= 0.3 is 6.09 Å². The van der Waals surface area contributed by atoms with Gasteiger partial charge in [0, 0.05) is 11.6 Å². The van der Waals surface area contributed by atoms with Crippen molar-refractivity contribution in [1.82, 2.24) is 5.32 Å². The number of carbonyl (C=O) groups is 2. The highest BCUT2D eigenvalue weighted by molar-refractivity contribution is 5.89. The van der Waals surface area contributed by atoms with E-state index in [1.54, 1.807) is 4.90 Å². The summed E-state index contributed by atoms with van der Waals surface area (Å²) >= 11 is 0. The minimum atomic E-state index is -0.363. The molecule has 108 valence electrons. The van der Waals surface area contributed by atoms with Gasteiger partial charge in [-0.2, -0.15) is 0 Å². The van der Waals surface area contributed by atoms with Gasteiger partial charge in [-0.1, -0.05) is 31.5 Å². The molecule has 1 atom stereocenters. The molecule has 1 unspecified atom stereocenters. The van der Waals surface area contributed by atoms with Crippen molar-refractivity contribution in [3.8, 4) is 0 Å². The second-order valence-electron chi connectivity index (χ2n) is 5.35. The number of anilines is 1. The summed E-state index contributed by atoms with van der Waals surface area (Å²) in [6, 6.07) is 7.70. The van der Waals surface area contributed by atoms with E-state index in [0.717, 1.165) is 11.3 Å². The summed E-state index contributed by atoms with van der Waals surface area (Å²) in [7, 11) is 0. The zero-order valence-corrected chi connectivity index (χ0v) is 12.1. The first-order valence-electron chi connectivity index (χ1n) is 6.80. The normalized spacial score (nSPS) is 18.3. The first-order chi connectivity index (χ1) is 9.47. The van der Waals surface area contributed by atoms with E-state index in [4.69, 9.17) is 4.74 Å². The van der Waals surface area contributed by atoms with Crippen LogP contribution in [-0.2, 0) is 9.53 Å². The molecular weight excluding hydrogens is 256 g/mol. The van der Waals surface area contributed by atoms with Gasteiger partial charge in [-0.15, -0.1) is 0 Å². The van der Waals surface area contributed by atoms with Gasteiger partial charge in [0.2, 0.25) is 5.91 Å². The highest BCUT2D eigenvalue weighted by atomic mass is 16.6. The summed E-state index contributed by atoms with van der Waals surface area (Å²) < 4.78 is 5.26. The van der Waals surface area contributed by atoms with Gasteiger partial charge in [0.25, 0.3) is 0 Å². The number of cyclic esters (lactones) is 1. The Morgan fingerprint density at radius 2 is 2.05 bits per heavy atom. The Morgan fingerprint density at radius 1 is 1.40 bits per heavy atom. The lowest BCUT2D eigenvalue weighted by Gasteiger charge is -2.13. The zero-order valence-electron chi connectivity index (χ0n) is 12.1. The lowest BCUT2D eigenvalue weighted by atomic mass is 10.2. The average Bonchev–Trinajstić information content (AvgIpc) is 2.78. The third kappa shape index (κ3) is 3.29. The summed E-state index contributed by atoms with van der Waals surface area (Å²) in [6.45, 7) is 6.46. The van der Waals surface area contributed by atoms with E-state index in [1.165, 1.54) is 0 Å². The molecule has 0 bridgehead atoms. The van der Waals surface area contributed by atoms with Crippen LogP contribution in [0.25, 0.3) is 0 Å². The third-order valence-corrected chi connectivity index (χ3v) is 3.25. The van der Waals surface area contributed by atoms with Gasteiger partial charge < -0.3 is 10.1 Å². The van der Waals surface area contributed by atoms with Crippen molar-refractivity contribution in [3.63, 3.8) is 0 Å². The van der Waals surface area contributed by atoms with Crippen LogP contribution in [-0.4, -0.2) is 31.2 Å². The average molecular weight is 276 g/mol. The molecular formula is C15H20N2O3. The predicted molar refractivity (Wildman–Crippen MR) is 76.6 cm³/mol. The largest absolute Gasteiger partial charge is 0.442 e. The van der Waals surface area contributed by atoms with Gasteiger partial charge in [0.15, 0.2) is 0 Å². The first kappa shape index (κ1) is 14.4. The SMILES string of the molecule is Cc1ccc(N2CC(CNC(=O)C(C)C)OC2=O)cc1. The Hall–Kier alpha value is -2.04. The van der Waals surface area contributed by atoms with Gasteiger partial charge in [0.1, 0.15) is 6.10 Å². The molecule has 20 heavy (non-hydrogen) atoms. The van der Waals surface area contributed by atoms with Crippen molar-refractivity contribution in [1.29, 1.82) is 0 Å². The Bertz CT molecular complexity index is 496. The molecule has 2 rings (SSSR count). The summed E-state index contributed by atoms with van der Waals surface area (Å²) in [4.78, 5) is 24.9. The molecule has 5 heteroatoms. The van der Waals surface area contributed by atoms with Crippen LogP contribution in [0.5, 0.6) is 0 Å². The molecule has 1 N–H and O–H groups in total. The molecule has 1 aliphatic heterocycles. The van der Waals surface area contributed by atoms with Crippen LogP contribution in [0.15, 0.2) is 24.3 Å². The maximum atomic E-state index is 11.8.